The summed E-state index contributed by atoms with van der Waals surface area (Å²) in [7, 11) is 4.90. The van der Waals surface area contributed by atoms with Crippen LogP contribution in [0.2, 0.25) is 0 Å². The van der Waals surface area contributed by atoms with Crippen molar-refractivity contribution in [2.45, 2.75) is 20.3 Å². The second-order valence-electron chi connectivity index (χ2n) is 5.89. The maximum absolute atomic E-state index is 12.5. The van der Waals surface area contributed by atoms with Crippen LogP contribution >= 0.6 is 11.3 Å². The monoisotopic (exact) mass is 378 g/mol. The molecular weight excluding hydrogens is 356 g/mol. The Morgan fingerprint density at radius 2 is 2.04 bits per heavy atom. The Bertz CT molecular complexity index is 838. The summed E-state index contributed by atoms with van der Waals surface area (Å²) in [4.78, 5) is 39.2. The number of carbonyl (C=O) groups excluding carboxylic acids is 3. The first-order valence-corrected chi connectivity index (χ1v) is 8.91. The van der Waals surface area contributed by atoms with Crippen molar-refractivity contribution in [3.05, 3.63) is 34.0 Å². The highest BCUT2D eigenvalue weighted by Gasteiger charge is 2.28. The second-order valence-corrected chi connectivity index (χ2v) is 6.91. The van der Waals surface area contributed by atoms with Gasteiger partial charge in [0.1, 0.15) is 10.7 Å². The van der Waals surface area contributed by atoms with E-state index in [2.05, 4.69) is 10.4 Å². The molecule has 2 amide bonds. The Kier molecular flexibility index (Phi) is 6.14. The number of aromatic nitrogens is 2. The van der Waals surface area contributed by atoms with Crippen molar-refractivity contribution in [2.24, 2.45) is 7.05 Å². The maximum atomic E-state index is 12.5. The fourth-order valence-corrected chi connectivity index (χ4v) is 3.50. The Morgan fingerprint density at radius 3 is 2.58 bits per heavy atom. The first-order valence-electron chi connectivity index (χ1n) is 8.09. The molecule has 0 aliphatic carbocycles. The van der Waals surface area contributed by atoms with Crippen molar-refractivity contribution in [3.63, 3.8) is 0 Å². The lowest BCUT2D eigenvalue weighted by atomic mass is 10.1. The smallest absolute Gasteiger partial charge is 0.341 e. The molecule has 1 N–H and O–H groups in total. The van der Waals surface area contributed by atoms with Gasteiger partial charge in [0, 0.05) is 27.3 Å². The van der Waals surface area contributed by atoms with Crippen molar-refractivity contribution in [2.75, 3.05) is 26.0 Å². The highest BCUT2D eigenvalue weighted by Crippen LogP contribution is 2.34. The quantitative estimate of drug-likeness (QED) is 0.779. The van der Waals surface area contributed by atoms with Crippen LogP contribution in [0.3, 0.4) is 0 Å². The molecule has 0 radical (unpaired) electrons. The number of amides is 2. The van der Waals surface area contributed by atoms with Crippen LogP contribution in [0.1, 0.15) is 49.4 Å². The molecule has 2 heterocycles. The summed E-state index contributed by atoms with van der Waals surface area (Å²) in [6.07, 6.45) is 2.18. The minimum atomic E-state index is -0.557. The molecule has 0 aliphatic rings. The van der Waals surface area contributed by atoms with Crippen LogP contribution in [0.4, 0.5) is 5.00 Å². The molecule has 0 saturated heterocycles. The molecule has 26 heavy (non-hydrogen) atoms. The zero-order chi connectivity index (χ0) is 19.4. The standard InChI is InChI=1S/C17H22N4O4S/c1-6-9-25-17(24)12-10(2)13(16(23)20(3)4)26-15(12)19-14(22)11-7-8-18-21(11)5/h7-8H,6,9H2,1-5H3,(H,19,22). The number of hydrogen-bond acceptors (Lipinski definition) is 6. The van der Waals surface area contributed by atoms with Gasteiger partial charge in [0.2, 0.25) is 0 Å². The molecule has 2 aromatic rings. The fraction of sp³-hybridized carbons (Fsp3) is 0.412. The highest BCUT2D eigenvalue weighted by atomic mass is 32.1. The van der Waals surface area contributed by atoms with Gasteiger partial charge in [0.05, 0.1) is 17.0 Å². The third kappa shape index (κ3) is 3.93. The van der Waals surface area contributed by atoms with E-state index in [1.165, 1.54) is 15.8 Å². The number of nitrogens with zero attached hydrogens (tertiary/aromatic N) is 3. The van der Waals surface area contributed by atoms with Gasteiger partial charge in [0.25, 0.3) is 11.8 Å². The number of esters is 1. The normalized spacial score (nSPS) is 10.5. The van der Waals surface area contributed by atoms with Crippen LogP contribution in [-0.4, -0.2) is 53.2 Å². The molecule has 0 aliphatic heterocycles. The number of rotatable bonds is 6. The van der Waals surface area contributed by atoms with E-state index in [9.17, 15) is 14.4 Å². The Balaban J connectivity index is 2.43. The van der Waals surface area contributed by atoms with Crippen LogP contribution in [0.15, 0.2) is 12.3 Å². The number of thiophene rings is 1. The topological polar surface area (TPSA) is 93.5 Å². The number of anilines is 1. The Labute approximate surface area is 155 Å². The average Bonchev–Trinajstić information content (AvgIpc) is 3.15. The van der Waals surface area contributed by atoms with Crippen molar-refractivity contribution >= 4 is 34.1 Å². The number of ether oxygens (including phenoxy) is 1. The van der Waals surface area contributed by atoms with Gasteiger partial charge in [-0.3, -0.25) is 14.3 Å². The van der Waals surface area contributed by atoms with Crippen LogP contribution in [-0.2, 0) is 11.8 Å². The third-order valence-corrected chi connectivity index (χ3v) is 4.86. The van der Waals surface area contributed by atoms with Crippen LogP contribution in [0.5, 0.6) is 0 Å². The van der Waals surface area contributed by atoms with Gasteiger partial charge in [-0.25, -0.2) is 4.79 Å². The maximum Gasteiger partial charge on any atom is 0.341 e. The third-order valence-electron chi connectivity index (χ3n) is 3.67. The predicted octanol–water partition coefficient (Wildman–Crippen LogP) is 2.31. The molecule has 0 bridgehead atoms. The molecule has 0 aromatic carbocycles. The lowest BCUT2D eigenvalue weighted by molar-refractivity contribution is 0.0506. The van der Waals surface area contributed by atoms with Gasteiger partial charge >= 0.3 is 5.97 Å². The van der Waals surface area contributed by atoms with E-state index in [0.29, 0.717) is 27.6 Å². The largest absolute Gasteiger partial charge is 0.462 e. The van der Waals surface area contributed by atoms with E-state index < -0.39 is 11.9 Å². The Morgan fingerprint density at radius 1 is 1.35 bits per heavy atom. The summed E-state index contributed by atoms with van der Waals surface area (Å²) in [5, 5.41) is 6.96. The minimum Gasteiger partial charge on any atom is -0.462 e. The lowest BCUT2D eigenvalue weighted by Crippen LogP contribution is -2.21. The summed E-state index contributed by atoms with van der Waals surface area (Å²) >= 11 is 1.06. The first kappa shape index (κ1) is 19.6. The molecule has 0 saturated carbocycles. The number of hydrogen-bond donors (Lipinski definition) is 1. The first-order chi connectivity index (χ1) is 12.3. The molecule has 8 nitrogen and oxygen atoms in total. The molecule has 0 spiro atoms. The summed E-state index contributed by atoms with van der Waals surface area (Å²) in [6, 6.07) is 1.57. The molecule has 140 valence electrons. The van der Waals surface area contributed by atoms with Crippen LogP contribution < -0.4 is 5.32 Å². The van der Waals surface area contributed by atoms with Gasteiger partial charge in [-0.2, -0.15) is 5.10 Å². The van der Waals surface area contributed by atoms with Gasteiger partial charge < -0.3 is 15.0 Å². The van der Waals surface area contributed by atoms with Crippen molar-refractivity contribution in [3.8, 4) is 0 Å². The lowest BCUT2D eigenvalue weighted by Gasteiger charge is -2.09. The predicted molar refractivity (Wildman–Crippen MR) is 98.8 cm³/mol. The molecular formula is C17H22N4O4S. The molecule has 2 rings (SSSR count). The zero-order valence-electron chi connectivity index (χ0n) is 15.5. The van der Waals surface area contributed by atoms with Gasteiger partial charge in [0.15, 0.2) is 0 Å². The zero-order valence-corrected chi connectivity index (χ0v) is 16.3. The van der Waals surface area contributed by atoms with Gasteiger partial charge in [-0.1, -0.05) is 6.92 Å². The van der Waals surface area contributed by atoms with E-state index in [-0.39, 0.29) is 18.1 Å². The summed E-state index contributed by atoms with van der Waals surface area (Å²) < 4.78 is 6.65. The van der Waals surface area contributed by atoms with Gasteiger partial charge in [-0.15, -0.1) is 11.3 Å². The van der Waals surface area contributed by atoms with Crippen molar-refractivity contribution in [1.82, 2.24) is 14.7 Å². The average molecular weight is 378 g/mol. The number of nitrogens with one attached hydrogen (secondary N) is 1. The SMILES string of the molecule is CCCOC(=O)c1c(NC(=O)c2ccnn2C)sc(C(=O)N(C)C)c1C. The van der Waals surface area contributed by atoms with Gasteiger partial charge in [-0.05, 0) is 25.0 Å². The molecule has 0 unspecified atom stereocenters. The second kappa shape index (κ2) is 8.13. The number of aryl methyl sites for hydroxylation is 1. The summed E-state index contributed by atoms with van der Waals surface area (Å²) in [5.41, 5.74) is 1.05. The molecule has 9 heteroatoms. The number of carbonyl (C=O) groups is 3. The van der Waals surface area contributed by atoms with Crippen LogP contribution in [0.25, 0.3) is 0 Å². The van der Waals surface area contributed by atoms with Crippen LogP contribution in [0, 0.1) is 6.92 Å². The van der Waals surface area contributed by atoms with Crippen molar-refractivity contribution in [1.29, 1.82) is 0 Å². The molecule has 0 atom stereocenters. The summed E-state index contributed by atoms with van der Waals surface area (Å²) in [6.45, 7) is 3.83. The minimum absolute atomic E-state index is 0.212. The van der Waals surface area contributed by atoms with E-state index in [1.54, 1.807) is 34.1 Å². The van der Waals surface area contributed by atoms with E-state index in [0.717, 1.165) is 11.3 Å². The van der Waals surface area contributed by atoms with E-state index in [1.807, 2.05) is 6.92 Å². The van der Waals surface area contributed by atoms with Crippen molar-refractivity contribution < 1.29 is 19.1 Å². The van der Waals surface area contributed by atoms with E-state index in [4.69, 9.17) is 4.74 Å². The fourth-order valence-electron chi connectivity index (χ4n) is 2.29. The Hall–Kier alpha value is -2.68. The molecule has 0 fully saturated rings. The highest BCUT2D eigenvalue weighted by molar-refractivity contribution is 7.18. The van der Waals surface area contributed by atoms with E-state index >= 15 is 0 Å². The summed E-state index contributed by atoms with van der Waals surface area (Å²) in [5.74, 6) is -1.21. The molecule has 2 aromatic heterocycles.